The minimum atomic E-state index is -0.507. The van der Waals surface area contributed by atoms with Crippen LogP contribution in [0, 0.1) is 17.0 Å². The summed E-state index contributed by atoms with van der Waals surface area (Å²) in [4.78, 5) is 36.1. The fourth-order valence-electron chi connectivity index (χ4n) is 2.37. The summed E-state index contributed by atoms with van der Waals surface area (Å²) in [7, 11) is 3.36. The molecule has 0 aliphatic heterocycles. The molecule has 2 aromatic carbocycles. The highest BCUT2D eigenvalue weighted by Crippen LogP contribution is 2.21. The molecule has 25 heavy (non-hydrogen) atoms. The van der Waals surface area contributed by atoms with Crippen LogP contribution in [-0.4, -0.2) is 35.7 Å². The van der Waals surface area contributed by atoms with Gasteiger partial charge in [0.25, 0.3) is 17.5 Å². The molecular weight excluding hydrogens is 322 g/mol. The van der Waals surface area contributed by atoms with Gasteiger partial charge < -0.3 is 10.2 Å². The van der Waals surface area contributed by atoms with Crippen molar-refractivity contribution in [2.75, 3.05) is 14.1 Å². The van der Waals surface area contributed by atoms with Crippen LogP contribution >= 0.6 is 0 Å². The maximum atomic E-state index is 12.3. The molecule has 0 radical (unpaired) electrons. The molecule has 0 fully saturated rings. The van der Waals surface area contributed by atoms with Crippen molar-refractivity contribution in [1.82, 2.24) is 10.2 Å². The molecule has 7 nitrogen and oxygen atoms in total. The monoisotopic (exact) mass is 341 g/mol. The molecule has 2 rings (SSSR count). The van der Waals surface area contributed by atoms with Crippen LogP contribution < -0.4 is 5.32 Å². The molecule has 0 unspecified atom stereocenters. The zero-order chi connectivity index (χ0) is 18.6. The van der Waals surface area contributed by atoms with E-state index in [1.807, 2.05) is 0 Å². The number of benzene rings is 2. The van der Waals surface area contributed by atoms with Crippen molar-refractivity contribution in [3.05, 3.63) is 74.8 Å². The van der Waals surface area contributed by atoms with E-state index in [1.165, 1.54) is 17.0 Å². The van der Waals surface area contributed by atoms with E-state index in [0.29, 0.717) is 11.1 Å². The fraction of sp³-hybridized carbons (Fsp3) is 0.222. The smallest absolute Gasteiger partial charge is 0.273 e. The topological polar surface area (TPSA) is 92.6 Å². The lowest BCUT2D eigenvalue weighted by atomic mass is 10.1. The Labute approximate surface area is 145 Å². The third-order valence-corrected chi connectivity index (χ3v) is 3.81. The maximum Gasteiger partial charge on any atom is 0.273 e. The molecule has 2 amide bonds. The van der Waals surface area contributed by atoms with Crippen LogP contribution in [0.3, 0.4) is 0 Å². The summed E-state index contributed by atoms with van der Waals surface area (Å²) in [6.07, 6.45) is 0. The highest BCUT2D eigenvalue weighted by atomic mass is 16.6. The molecule has 2 aromatic rings. The molecule has 0 heterocycles. The van der Waals surface area contributed by atoms with E-state index in [9.17, 15) is 19.7 Å². The van der Waals surface area contributed by atoms with E-state index in [-0.39, 0.29) is 29.6 Å². The van der Waals surface area contributed by atoms with Crippen molar-refractivity contribution in [2.45, 2.75) is 13.5 Å². The van der Waals surface area contributed by atoms with Gasteiger partial charge in [-0.15, -0.1) is 0 Å². The van der Waals surface area contributed by atoms with Gasteiger partial charge in [-0.05, 0) is 30.7 Å². The number of carbonyl (C=O) groups is 2. The van der Waals surface area contributed by atoms with Gasteiger partial charge in [-0.2, -0.15) is 0 Å². The van der Waals surface area contributed by atoms with Crippen molar-refractivity contribution in [1.29, 1.82) is 0 Å². The number of carbonyl (C=O) groups excluding carboxylic acids is 2. The molecule has 7 heteroatoms. The van der Waals surface area contributed by atoms with Crippen molar-refractivity contribution >= 4 is 17.5 Å². The molecule has 0 saturated carbocycles. The van der Waals surface area contributed by atoms with Crippen molar-refractivity contribution in [3.8, 4) is 0 Å². The summed E-state index contributed by atoms with van der Waals surface area (Å²) in [6.45, 7) is 1.81. The maximum absolute atomic E-state index is 12.3. The summed E-state index contributed by atoms with van der Waals surface area (Å²) in [6, 6.07) is 11.3. The highest BCUT2D eigenvalue weighted by Gasteiger charge is 2.17. The number of nitro groups is 1. The van der Waals surface area contributed by atoms with E-state index < -0.39 is 4.92 Å². The van der Waals surface area contributed by atoms with Crippen LogP contribution in [-0.2, 0) is 6.54 Å². The largest absolute Gasteiger partial charge is 0.348 e. The Morgan fingerprint density at radius 2 is 1.76 bits per heavy atom. The van der Waals surface area contributed by atoms with Crippen molar-refractivity contribution in [3.63, 3.8) is 0 Å². The molecule has 0 aliphatic rings. The summed E-state index contributed by atoms with van der Waals surface area (Å²) in [5.41, 5.74) is 1.91. The van der Waals surface area contributed by atoms with Crippen molar-refractivity contribution in [2.24, 2.45) is 0 Å². The summed E-state index contributed by atoms with van der Waals surface area (Å²) in [5, 5.41) is 13.7. The minimum Gasteiger partial charge on any atom is -0.348 e. The molecule has 0 aromatic heterocycles. The number of nitro benzene ring substituents is 1. The molecule has 0 aliphatic carbocycles. The predicted molar refractivity (Wildman–Crippen MR) is 93.5 cm³/mol. The Kier molecular flexibility index (Phi) is 5.49. The van der Waals surface area contributed by atoms with Gasteiger partial charge in [0.2, 0.25) is 0 Å². The Balaban J connectivity index is 2.07. The van der Waals surface area contributed by atoms with E-state index in [1.54, 1.807) is 51.4 Å². The number of hydrogen-bond acceptors (Lipinski definition) is 4. The fourth-order valence-corrected chi connectivity index (χ4v) is 2.37. The lowest BCUT2D eigenvalue weighted by Gasteiger charge is -2.11. The zero-order valence-corrected chi connectivity index (χ0v) is 14.3. The molecule has 0 atom stereocenters. The standard InChI is InChI=1S/C18H19N3O4/c1-12-15(5-4-6-16(12)21(24)25)17(22)19-11-13-7-9-14(10-8-13)18(23)20(2)3/h4-10H,11H2,1-3H3,(H,19,22). The number of hydrogen-bond donors (Lipinski definition) is 1. The first-order chi connectivity index (χ1) is 11.8. The average molecular weight is 341 g/mol. The summed E-state index contributed by atoms with van der Waals surface area (Å²) in [5.74, 6) is -0.475. The summed E-state index contributed by atoms with van der Waals surface area (Å²) >= 11 is 0. The van der Waals surface area contributed by atoms with Gasteiger partial charge in [-0.3, -0.25) is 19.7 Å². The van der Waals surface area contributed by atoms with Crippen molar-refractivity contribution < 1.29 is 14.5 Å². The average Bonchev–Trinajstić information content (AvgIpc) is 2.59. The Morgan fingerprint density at radius 1 is 1.12 bits per heavy atom. The van der Waals surface area contributed by atoms with Gasteiger partial charge in [0.05, 0.1) is 4.92 Å². The first kappa shape index (κ1) is 18.1. The van der Waals surface area contributed by atoms with Crippen LogP contribution in [0.15, 0.2) is 42.5 Å². The molecule has 1 N–H and O–H groups in total. The van der Waals surface area contributed by atoms with Gasteiger partial charge in [0.15, 0.2) is 0 Å². The first-order valence-corrected chi connectivity index (χ1v) is 7.64. The number of nitrogens with one attached hydrogen (secondary N) is 1. The second-order valence-electron chi connectivity index (χ2n) is 5.79. The quantitative estimate of drug-likeness (QED) is 0.668. The normalized spacial score (nSPS) is 10.2. The molecular formula is C18H19N3O4. The zero-order valence-electron chi connectivity index (χ0n) is 14.3. The number of rotatable bonds is 5. The lowest BCUT2D eigenvalue weighted by Crippen LogP contribution is -2.24. The van der Waals surface area contributed by atoms with Crippen LogP contribution in [0.1, 0.15) is 31.8 Å². The van der Waals surface area contributed by atoms with E-state index in [2.05, 4.69) is 5.32 Å². The van der Waals surface area contributed by atoms with Crippen LogP contribution in [0.25, 0.3) is 0 Å². The van der Waals surface area contributed by atoms with Gasteiger partial charge in [-0.1, -0.05) is 18.2 Å². The van der Waals surface area contributed by atoms with Crippen LogP contribution in [0.4, 0.5) is 5.69 Å². The SMILES string of the molecule is Cc1c(C(=O)NCc2ccc(C(=O)N(C)C)cc2)cccc1[N+](=O)[O-]. The summed E-state index contributed by atoms with van der Waals surface area (Å²) < 4.78 is 0. The molecule has 0 bridgehead atoms. The third-order valence-electron chi connectivity index (χ3n) is 3.81. The first-order valence-electron chi connectivity index (χ1n) is 7.64. The minimum absolute atomic E-state index is 0.0841. The van der Waals surface area contributed by atoms with Gasteiger partial charge >= 0.3 is 0 Å². The second kappa shape index (κ2) is 7.57. The third kappa shape index (κ3) is 4.20. The Morgan fingerprint density at radius 3 is 2.32 bits per heavy atom. The molecule has 130 valence electrons. The molecule has 0 saturated heterocycles. The Bertz CT molecular complexity index is 814. The second-order valence-corrected chi connectivity index (χ2v) is 5.79. The number of amides is 2. The van der Waals surface area contributed by atoms with E-state index in [0.717, 1.165) is 5.56 Å². The van der Waals surface area contributed by atoms with E-state index >= 15 is 0 Å². The highest BCUT2D eigenvalue weighted by molar-refractivity contribution is 5.96. The number of nitrogens with zero attached hydrogens (tertiary/aromatic N) is 2. The molecule has 0 spiro atoms. The van der Waals surface area contributed by atoms with Crippen LogP contribution in [0.2, 0.25) is 0 Å². The van der Waals surface area contributed by atoms with Crippen LogP contribution in [0.5, 0.6) is 0 Å². The lowest BCUT2D eigenvalue weighted by molar-refractivity contribution is -0.385. The van der Waals surface area contributed by atoms with Gasteiger partial charge in [-0.25, -0.2) is 0 Å². The van der Waals surface area contributed by atoms with Gasteiger partial charge in [0.1, 0.15) is 0 Å². The predicted octanol–water partition coefficient (Wildman–Crippen LogP) is 2.54. The van der Waals surface area contributed by atoms with Gasteiger partial charge in [0, 0.05) is 43.4 Å². The van der Waals surface area contributed by atoms with E-state index in [4.69, 9.17) is 0 Å². The Hall–Kier alpha value is -3.22.